The molecule has 21 heteroatoms. The molecule has 0 saturated carbocycles. The highest BCUT2D eigenvalue weighted by Gasteiger charge is 2.36. The van der Waals surface area contributed by atoms with Gasteiger partial charge in [-0.25, -0.2) is 4.98 Å². The molecule has 20 rings (SSSR count). The molecule has 7 heterocycles. The highest BCUT2D eigenvalue weighted by molar-refractivity contribution is 6.32. The summed E-state index contributed by atoms with van der Waals surface area (Å²) in [5, 5.41) is 56.9. The Morgan fingerprint density at radius 3 is 1.01 bits per heavy atom. The van der Waals surface area contributed by atoms with Gasteiger partial charge >= 0.3 is 0 Å². The van der Waals surface area contributed by atoms with Gasteiger partial charge in [-0.05, 0) is 236 Å². The van der Waals surface area contributed by atoms with E-state index in [1.165, 1.54) is 0 Å². The van der Waals surface area contributed by atoms with E-state index in [-0.39, 0.29) is 41.1 Å². The summed E-state index contributed by atoms with van der Waals surface area (Å²) in [6.07, 6.45) is 12.6. The maximum atomic E-state index is 11.5. The fourth-order valence-corrected chi connectivity index (χ4v) is 18.7. The molecule has 0 saturated heterocycles. The molecule has 5 aliphatic rings. The van der Waals surface area contributed by atoms with Crippen molar-refractivity contribution in [2.24, 2.45) is 0 Å². The van der Waals surface area contributed by atoms with Crippen LogP contribution in [0, 0.1) is 62.4 Å². The second-order valence-electron chi connectivity index (χ2n) is 33.2. The van der Waals surface area contributed by atoms with Crippen LogP contribution in [0.15, 0.2) is 377 Å². The Morgan fingerprint density at radius 2 is 0.640 bits per heavy atom. The SMILES string of the molecule is CCCCN1C=C(c2cccc(Cl)c2)C(C#N)c2ccccc21.Cc1cccc(C2=CN(Cc3ccc(Cl)cc3)c3ccccc3C2C#N)n1.N#CC1C(c2ccc3ccccc3n2)=CN(Cc2ccc(Cl)cc2)c2ccccc21.N#CC1C(c2cccc(Cl)c2)=CN(Cc2ccc(Cl)cc2)c2ccccc21.O=[N+]([O-])CC1C(c2cccc(Cl)c2)=CN(Cc2ccc(Cl)cc2)c2ccccc21. The third-order valence-electron chi connectivity index (χ3n) is 24.2. The summed E-state index contributed by atoms with van der Waals surface area (Å²) in [5.41, 5.74) is 25.9. The van der Waals surface area contributed by atoms with Gasteiger partial charge in [0, 0.05) is 154 Å². The first kappa shape index (κ1) is 94.7. The zero-order valence-corrected chi connectivity index (χ0v) is 79.5. The Hall–Kier alpha value is -14.5. The Morgan fingerprint density at radius 1 is 0.324 bits per heavy atom. The number of allylic oxidation sites excluding steroid dienone is 4. The number of aromatic nitrogens is 2. The van der Waals surface area contributed by atoms with E-state index < -0.39 is 0 Å². The fraction of sp³-hybridized carbons (Fsp3) is 0.130. The van der Waals surface area contributed by atoms with Crippen LogP contribution >= 0.6 is 81.2 Å². The Balaban J connectivity index is 0.000000124. The molecule has 13 aromatic carbocycles. The lowest BCUT2D eigenvalue weighted by atomic mass is 9.83. The number of anilines is 5. The van der Waals surface area contributed by atoms with Gasteiger partial charge in [0.25, 0.3) is 0 Å². The maximum absolute atomic E-state index is 11.5. The molecule has 2 aromatic heterocycles. The van der Waals surface area contributed by atoms with Gasteiger partial charge in [-0.1, -0.05) is 301 Å². The van der Waals surface area contributed by atoms with Crippen molar-refractivity contribution >= 4 is 148 Å². The van der Waals surface area contributed by atoms with E-state index in [2.05, 4.69) is 122 Å². The molecular weight excluding hydrogens is 1830 g/mol. The van der Waals surface area contributed by atoms with Crippen LogP contribution in [-0.4, -0.2) is 28.0 Å². The second kappa shape index (κ2) is 44.6. The van der Waals surface area contributed by atoms with Crippen molar-refractivity contribution in [1.82, 2.24) is 9.97 Å². The first-order chi connectivity index (χ1) is 66.3. The van der Waals surface area contributed by atoms with E-state index in [4.69, 9.17) is 86.2 Å². The lowest BCUT2D eigenvalue weighted by Gasteiger charge is -2.33. The third-order valence-corrected chi connectivity index (χ3v) is 25.9. The number of aryl methyl sites for hydroxylation is 1. The molecule has 0 amide bonds. The predicted octanol–water partition coefficient (Wildman–Crippen LogP) is 31.0. The minimum atomic E-state index is -0.365. The van der Waals surface area contributed by atoms with Gasteiger partial charge in [-0.2, -0.15) is 21.0 Å². The molecule has 15 aromatic rings. The van der Waals surface area contributed by atoms with E-state index in [1.807, 2.05) is 316 Å². The Bertz CT molecular complexity index is 7070. The summed E-state index contributed by atoms with van der Waals surface area (Å²) in [5.74, 6) is -1.64. The Labute approximate surface area is 828 Å². The molecule has 14 nitrogen and oxygen atoms in total. The maximum Gasteiger partial charge on any atom is 0.214 e. The smallest absolute Gasteiger partial charge is 0.214 e. The molecule has 136 heavy (non-hydrogen) atoms. The van der Waals surface area contributed by atoms with Crippen molar-refractivity contribution < 1.29 is 4.92 Å². The van der Waals surface area contributed by atoms with Crippen molar-refractivity contribution in [2.45, 2.75) is 82.5 Å². The minimum absolute atomic E-state index is 0.176. The van der Waals surface area contributed by atoms with Crippen LogP contribution in [-0.2, 0) is 26.2 Å². The van der Waals surface area contributed by atoms with Crippen LogP contribution < -0.4 is 24.5 Å². The highest BCUT2D eigenvalue weighted by atomic mass is 35.5. The van der Waals surface area contributed by atoms with E-state index in [0.29, 0.717) is 46.3 Å². The molecule has 0 spiro atoms. The molecule has 0 radical (unpaired) electrons. The van der Waals surface area contributed by atoms with Gasteiger partial charge in [0.15, 0.2) is 0 Å². The van der Waals surface area contributed by atoms with Crippen LogP contribution in [0.1, 0.15) is 133 Å². The third kappa shape index (κ3) is 22.6. The van der Waals surface area contributed by atoms with Crippen molar-refractivity contribution in [3.8, 4) is 24.3 Å². The molecule has 5 unspecified atom stereocenters. The van der Waals surface area contributed by atoms with Crippen molar-refractivity contribution in [3.05, 3.63) is 506 Å². The lowest BCUT2D eigenvalue weighted by molar-refractivity contribution is -0.481. The van der Waals surface area contributed by atoms with Gasteiger partial charge in [-0.15, -0.1) is 0 Å². The number of nitrogens with zero attached hydrogens (tertiary/aromatic N) is 12. The van der Waals surface area contributed by atoms with Crippen LogP contribution in [0.3, 0.4) is 0 Å². The van der Waals surface area contributed by atoms with Gasteiger partial charge in [0.2, 0.25) is 6.54 Å². The Kier molecular flexibility index (Phi) is 31.0. The summed E-state index contributed by atoms with van der Waals surface area (Å²) in [7, 11) is 0. The van der Waals surface area contributed by atoms with Crippen molar-refractivity contribution in [2.75, 3.05) is 37.6 Å². The number of benzene rings is 13. The molecule has 670 valence electrons. The van der Waals surface area contributed by atoms with Crippen LogP contribution in [0.25, 0.3) is 38.8 Å². The number of nitriles is 4. The molecule has 0 N–H and O–H groups in total. The average molecular weight is 1920 g/mol. The number of halogens is 7. The predicted molar refractivity (Wildman–Crippen MR) is 558 cm³/mol. The van der Waals surface area contributed by atoms with Gasteiger partial charge in [0.1, 0.15) is 23.7 Å². The van der Waals surface area contributed by atoms with Gasteiger partial charge in [-0.3, -0.25) is 15.1 Å². The number of hydrogen-bond acceptors (Lipinski definition) is 13. The summed E-state index contributed by atoms with van der Waals surface area (Å²) < 4.78 is 0. The highest BCUT2D eigenvalue weighted by Crippen LogP contribution is 2.49. The van der Waals surface area contributed by atoms with E-state index in [0.717, 1.165) is 186 Å². The molecule has 0 aliphatic carbocycles. The number of fused-ring (bicyclic) bond motifs is 6. The standard InChI is InChI=1S/C26H18ClN3.C23H18Cl2N2O2.C23H16Cl2N2.C23H18ClN3.C20H19ClN2/c27-20-12-9-18(10-13-20)16-30-17-23(22(15-28)21-6-2-4-8-26(21)30)25-14-11-19-5-1-3-7-24(19)29-25;24-18-10-8-16(9-11-18)13-26-14-21(17-4-3-5-19(25)12-17)22(15-27(28)29)20-6-1-2-7-23(20)26;24-18-10-8-16(9-11-18)14-27-15-22(17-4-3-5-19(25)12-17)21(13-26)20-6-1-2-7-23(20)27;1-16-5-4-7-22(26-16)21-15-27(14-17-9-11-18(24)12-10-17)23-8-3-2-6-19(23)20(21)13-25;1-2-3-11-23-14-19(15-7-6-8-16(21)12-15)18(13-22)17-9-4-5-10-20(17)23/h1-14,17,22H,16H2;1-12,14,22H,13,15H2;1-12,15,21H,14H2;2-12,15,20H,14H2,1H3;4-10,12,14,18H,2-3,11H2,1H3. The fourth-order valence-electron chi connectivity index (χ4n) is 17.6. The average Bonchev–Trinajstić information content (AvgIpc) is 0.776. The molecule has 5 aliphatic heterocycles. The number of para-hydroxylation sites is 6. The summed E-state index contributed by atoms with van der Waals surface area (Å²) >= 11 is 42.7. The topological polar surface area (TPSA) is 180 Å². The quantitative estimate of drug-likeness (QED) is 0.0585. The number of unbranched alkanes of at least 4 members (excludes halogenated alkanes) is 1. The van der Waals surface area contributed by atoms with Crippen LogP contribution in [0.4, 0.5) is 28.4 Å². The van der Waals surface area contributed by atoms with Gasteiger partial charge in [0.05, 0.1) is 47.1 Å². The first-order valence-electron chi connectivity index (χ1n) is 44.4. The largest absolute Gasteiger partial charge is 0.347 e. The first-order valence-corrected chi connectivity index (χ1v) is 47.1. The van der Waals surface area contributed by atoms with Crippen LogP contribution in [0.2, 0.25) is 35.2 Å². The monoisotopic (exact) mass is 1910 g/mol. The number of nitro groups is 1. The van der Waals surface area contributed by atoms with E-state index in [1.54, 1.807) is 6.07 Å². The molecular formula is C115H89Cl7N12O2. The van der Waals surface area contributed by atoms with Crippen molar-refractivity contribution in [3.63, 3.8) is 0 Å². The number of rotatable bonds is 18. The molecule has 0 fully saturated rings. The number of pyridine rings is 2. The van der Waals surface area contributed by atoms with Crippen molar-refractivity contribution in [1.29, 1.82) is 21.0 Å². The molecule has 5 atom stereocenters. The summed E-state index contributed by atoms with van der Waals surface area (Å²) in [6.45, 7) is 7.63. The van der Waals surface area contributed by atoms with E-state index >= 15 is 0 Å². The second-order valence-corrected chi connectivity index (χ2v) is 36.2. The molecule has 0 bridgehead atoms. The summed E-state index contributed by atoms with van der Waals surface area (Å²) in [4.78, 5) is 31.7. The minimum Gasteiger partial charge on any atom is -0.347 e. The number of hydrogen-bond donors (Lipinski definition) is 0. The van der Waals surface area contributed by atoms with Crippen LogP contribution in [0.5, 0.6) is 0 Å². The summed E-state index contributed by atoms with van der Waals surface area (Å²) in [6, 6.07) is 122. The zero-order chi connectivity index (χ0) is 94.7. The normalized spacial score (nSPS) is 15.7. The lowest BCUT2D eigenvalue weighted by Crippen LogP contribution is -2.26. The van der Waals surface area contributed by atoms with E-state index in [9.17, 15) is 31.2 Å². The van der Waals surface area contributed by atoms with Gasteiger partial charge < -0.3 is 24.5 Å². The zero-order valence-electron chi connectivity index (χ0n) is 74.2.